The van der Waals surface area contributed by atoms with Crippen LogP contribution in [0.1, 0.15) is 64.2 Å². The lowest BCUT2D eigenvalue weighted by Crippen LogP contribution is -2.33. The smallest absolute Gasteiger partial charge is 0.255 e. The summed E-state index contributed by atoms with van der Waals surface area (Å²) in [5.41, 5.74) is 4.89. The SMILES string of the molecule is N#Cc1ccc(COc2cccc(C3=CCN(Cc4nc5cc(C(=O)Nc6cc(F)c7c(c6)C6(CC6)C(=O)N7)ccc5n4C[C@@H]4CCO4)CC3)n2)c(F)c1. The highest BCUT2D eigenvalue weighted by molar-refractivity contribution is 6.10. The van der Waals surface area contributed by atoms with E-state index in [4.69, 9.17) is 19.7 Å². The number of carbonyl (C=O) groups is 2. The maximum absolute atomic E-state index is 14.9. The highest BCUT2D eigenvalue weighted by Gasteiger charge is 2.57. The normalized spacial score (nSPS) is 18.4. The van der Waals surface area contributed by atoms with Gasteiger partial charge in [0.15, 0.2) is 0 Å². The molecule has 0 radical (unpaired) electrons. The predicted molar refractivity (Wildman–Crippen MR) is 196 cm³/mol. The van der Waals surface area contributed by atoms with Crippen LogP contribution in [0, 0.1) is 23.0 Å². The number of imidazole rings is 1. The summed E-state index contributed by atoms with van der Waals surface area (Å²) in [6.07, 6.45) is 5.30. The van der Waals surface area contributed by atoms with Crippen molar-refractivity contribution in [2.24, 2.45) is 0 Å². The fourth-order valence-electron chi connectivity index (χ4n) is 7.49. The molecule has 13 heteroatoms. The zero-order chi connectivity index (χ0) is 37.0. The molecule has 1 aliphatic carbocycles. The summed E-state index contributed by atoms with van der Waals surface area (Å²) in [5.74, 6) is -0.382. The van der Waals surface area contributed by atoms with Gasteiger partial charge in [-0.05, 0) is 85.4 Å². The largest absolute Gasteiger partial charge is 0.473 e. The summed E-state index contributed by atoms with van der Waals surface area (Å²) in [7, 11) is 0. The number of carbonyl (C=O) groups excluding carboxylic acids is 2. The van der Waals surface area contributed by atoms with E-state index in [2.05, 4.69) is 31.2 Å². The summed E-state index contributed by atoms with van der Waals surface area (Å²) < 4.78 is 43.1. The molecule has 2 N–H and O–H groups in total. The Balaban J connectivity index is 0.894. The number of hydrogen-bond donors (Lipinski definition) is 2. The van der Waals surface area contributed by atoms with E-state index < -0.39 is 23.0 Å². The molecule has 4 aliphatic rings. The van der Waals surface area contributed by atoms with Gasteiger partial charge in [0.25, 0.3) is 5.91 Å². The van der Waals surface area contributed by atoms with E-state index in [-0.39, 0.29) is 29.9 Å². The molecule has 9 rings (SSSR count). The Morgan fingerprint density at radius 1 is 1.09 bits per heavy atom. The quantitative estimate of drug-likeness (QED) is 0.167. The molecule has 3 aliphatic heterocycles. The summed E-state index contributed by atoms with van der Waals surface area (Å²) in [5, 5.41) is 14.5. The molecule has 1 saturated carbocycles. The molecule has 11 nitrogen and oxygen atoms in total. The Labute approximate surface area is 309 Å². The summed E-state index contributed by atoms with van der Waals surface area (Å²) in [6.45, 7) is 3.41. The first-order chi connectivity index (χ1) is 26.3. The number of nitrogens with one attached hydrogen (secondary N) is 2. The number of nitriles is 1. The molecule has 54 heavy (non-hydrogen) atoms. The first-order valence-corrected chi connectivity index (χ1v) is 18.0. The Bertz CT molecular complexity index is 2430. The first kappa shape index (κ1) is 33.8. The van der Waals surface area contributed by atoms with Gasteiger partial charge in [-0.25, -0.2) is 18.7 Å². The molecule has 3 aromatic carbocycles. The van der Waals surface area contributed by atoms with Gasteiger partial charge in [-0.15, -0.1) is 0 Å². The van der Waals surface area contributed by atoms with Crippen LogP contribution in [0.25, 0.3) is 16.6 Å². The van der Waals surface area contributed by atoms with Crippen molar-refractivity contribution in [3.8, 4) is 11.9 Å². The minimum absolute atomic E-state index is 0.00381. The number of amides is 2. The number of pyridine rings is 1. The van der Waals surface area contributed by atoms with Crippen LogP contribution in [0.4, 0.5) is 20.2 Å². The number of halogens is 2. The summed E-state index contributed by atoms with van der Waals surface area (Å²) in [6, 6.07) is 20.1. The second-order valence-corrected chi connectivity index (χ2v) is 14.3. The predicted octanol–water partition coefficient (Wildman–Crippen LogP) is 6.47. The third-order valence-corrected chi connectivity index (χ3v) is 10.8. The van der Waals surface area contributed by atoms with Crippen molar-refractivity contribution < 1.29 is 27.8 Å². The van der Waals surface area contributed by atoms with Crippen LogP contribution in [-0.2, 0) is 34.6 Å². The van der Waals surface area contributed by atoms with Gasteiger partial charge in [0, 0.05) is 42.6 Å². The molecular formula is C41H35F2N7O4. The van der Waals surface area contributed by atoms with Crippen molar-refractivity contribution in [1.82, 2.24) is 19.4 Å². The third-order valence-electron chi connectivity index (χ3n) is 10.8. The lowest BCUT2D eigenvalue weighted by molar-refractivity contribution is -0.117. The molecule has 2 aromatic heterocycles. The van der Waals surface area contributed by atoms with Crippen molar-refractivity contribution in [2.75, 3.05) is 30.3 Å². The Morgan fingerprint density at radius 2 is 1.96 bits per heavy atom. The van der Waals surface area contributed by atoms with Crippen molar-refractivity contribution in [3.63, 3.8) is 0 Å². The maximum atomic E-state index is 14.9. The minimum Gasteiger partial charge on any atom is -0.473 e. The number of hydrogen-bond acceptors (Lipinski definition) is 8. The number of nitrogens with zero attached hydrogens (tertiary/aromatic N) is 5. The fraction of sp³-hybridized carbons (Fsp3) is 0.293. The van der Waals surface area contributed by atoms with Gasteiger partial charge >= 0.3 is 0 Å². The zero-order valence-electron chi connectivity index (χ0n) is 29.2. The number of ether oxygens (including phenoxy) is 2. The highest BCUT2D eigenvalue weighted by Crippen LogP contribution is 2.56. The van der Waals surface area contributed by atoms with Crippen molar-refractivity contribution in [3.05, 3.63) is 118 Å². The highest BCUT2D eigenvalue weighted by atomic mass is 19.1. The number of benzene rings is 3. The third kappa shape index (κ3) is 6.27. The molecule has 2 fully saturated rings. The Morgan fingerprint density at radius 3 is 2.70 bits per heavy atom. The van der Waals surface area contributed by atoms with Crippen LogP contribution in [-0.4, -0.2) is 57.0 Å². The Hall–Kier alpha value is -5.97. The van der Waals surface area contributed by atoms with Crippen LogP contribution in [0.15, 0.2) is 72.8 Å². The van der Waals surface area contributed by atoms with Gasteiger partial charge in [0.2, 0.25) is 11.8 Å². The monoisotopic (exact) mass is 727 g/mol. The molecular weight excluding hydrogens is 692 g/mol. The molecule has 2 amide bonds. The first-order valence-electron chi connectivity index (χ1n) is 18.0. The average molecular weight is 728 g/mol. The lowest BCUT2D eigenvalue weighted by Gasteiger charge is -2.29. The standard InChI is InChI=1S/C41H35F2N7O4/c42-31-16-24(20-44)4-5-27(31)23-54-37-3-1-2-33(47-37)25-8-13-49(14-9-25)22-36-46-34-17-26(6-7-35(34)50(36)21-29-10-15-53-29)39(51)45-28-18-30-38(32(43)19-28)48-40(52)41(30)11-12-41/h1-8,16-19,29H,9-15,21-23H2,(H,45,51)(H,48,52)/t29-/m0/s1. The molecule has 5 aromatic rings. The van der Waals surface area contributed by atoms with E-state index in [0.29, 0.717) is 66.3 Å². The van der Waals surface area contributed by atoms with Gasteiger partial charge in [0.1, 0.15) is 24.1 Å². The summed E-state index contributed by atoms with van der Waals surface area (Å²) in [4.78, 5) is 37.9. The van der Waals surface area contributed by atoms with Crippen LogP contribution >= 0.6 is 0 Å². The van der Waals surface area contributed by atoms with Gasteiger partial charge in [-0.2, -0.15) is 5.26 Å². The van der Waals surface area contributed by atoms with E-state index in [1.54, 1.807) is 36.4 Å². The van der Waals surface area contributed by atoms with E-state index in [1.807, 2.05) is 24.3 Å². The molecule has 1 saturated heterocycles. The van der Waals surface area contributed by atoms with Crippen LogP contribution < -0.4 is 15.4 Å². The lowest BCUT2D eigenvalue weighted by atomic mass is 9.97. The van der Waals surface area contributed by atoms with Crippen molar-refractivity contribution in [1.29, 1.82) is 5.26 Å². The molecule has 0 unspecified atom stereocenters. The number of aromatic nitrogens is 3. The van der Waals surface area contributed by atoms with Gasteiger partial charge in [0.05, 0.1) is 58.7 Å². The second-order valence-electron chi connectivity index (χ2n) is 14.3. The van der Waals surface area contributed by atoms with E-state index in [9.17, 15) is 18.4 Å². The van der Waals surface area contributed by atoms with E-state index in [0.717, 1.165) is 48.6 Å². The van der Waals surface area contributed by atoms with Crippen LogP contribution in [0.3, 0.4) is 0 Å². The molecule has 0 bridgehead atoms. The number of anilines is 2. The number of rotatable bonds is 10. The topological polar surface area (TPSA) is 134 Å². The Kier molecular flexibility index (Phi) is 8.44. The van der Waals surface area contributed by atoms with Gasteiger partial charge < -0.3 is 24.7 Å². The number of fused-ring (bicyclic) bond motifs is 3. The van der Waals surface area contributed by atoms with Crippen molar-refractivity contribution >= 4 is 39.8 Å². The van der Waals surface area contributed by atoms with Gasteiger partial charge in [-0.1, -0.05) is 18.2 Å². The molecule has 1 spiro atoms. The van der Waals surface area contributed by atoms with Crippen LogP contribution in [0.2, 0.25) is 0 Å². The van der Waals surface area contributed by atoms with Crippen molar-refractivity contribution in [2.45, 2.75) is 56.9 Å². The summed E-state index contributed by atoms with van der Waals surface area (Å²) >= 11 is 0. The average Bonchev–Trinajstić information content (AvgIpc) is 3.84. The molecule has 1 atom stereocenters. The second kappa shape index (κ2) is 13.5. The van der Waals surface area contributed by atoms with Crippen LogP contribution in [0.5, 0.6) is 5.88 Å². The molecule has 272 valence electrons. The minimum atomic E-state index is -0.677. The fourth-order valence-corrected chi connectivity index (χ4v) is 7.49. The maximum Gasteiger partial charge on any atom is 0.255 e. The van der Waals surface area contributed by atoms with E-state index >= 15 is 0 Å². The zero-order valence-corrected chi connectivity index (χ0v) is 29.2. The van der Waals surface area contributed by atoms with Gasteiger partial charge in [-0.3, -0.25) is 14.5 Å². The molecule has 5 heterocycles. The van der Waals surface area contributed by atoms with E-state index in [1.165, 1.54) is 12.1 Å².